The van der Waals surface area contributed by atoms with Crippen molar-refractivity contribution in [3.8, 4) is 28.7 Å². The summed E-state index contributed by atoms with van der Waals surface area (Å²) in [5.74, 6) is -8.84. The SMILES string of the molecule is [2H]C([2H])([2H])Oc1cc([C@]2([2H])c3cc4c(cc3[C@@H](O[C@@H]3O[C@@H]5CO[C@@H](C)O[C@H]5[C@H](O)[C@H]3O)[C@H]3COC(=O)[C@@H]32)OC([2H])([2H])O4)cc(OC([2H])([2H])[2H])c1O. The molecule has 4 aliphatic heterocycles. The lowest BCUT2D eigenvalue weighted by Gasteiger charge is -2.47. The molecular formula is C29H32O13. The van der Waals surface area contributed by atoms with E-state index in [9.17, 15) is 21.5 Å². The second-order valence-electron chi connectivity index (χ2n) is 10.5. The number of phenols is 1. The Morgan fingerprint density at radius 2 is 1.69 bits per heavy atom. The summed E-state index contributed by atoms with van der Waals surface area (Å²) in [6.45, 7) is -1.42. The Balaban J connectivity index is 1.39. The van der Waals surface area contributed by atoms with Gasteiger partial charge in [0.1, 0.15) is 27.2 Å². The van der Waals surface area contributed by atoms with E-state index in [1.165, 1.54) is 12.1 Å². The Labute approximate surface area is 253 Å². The number of hydrogen-bond donors (Lipinski definition) is 3. The van der Waals surface area contributed by atoms with Crippen LogP contribution in [0, 0.1) is 11.8 Å². The average molecular weight is 598 g/mol. The predicted molar refractivity (Wildman–Crippen MR) is 138 cm³/mol. The number of hydrogen-bond acceptors (Lipinski definition) is 13. The first-order chi connectivity index (χ1) is 23.6. The number of methoxy groups -OCH3 is 2. The molecule has 3 N–H and O–H groups in total. The lowest BCUT2D eigenvalue weighted by Crippen LogP contribution is -2.63. The molecule has 10 atom stereocenters. The Morgan fingerprint density at radius 3 is 2.40 bits per heavy atom. The number of aliphatic hydroxyl groups excluding tert-OH is 2. The summed E-state index contributed by atoms with van der Waals surface area (Å²) in [6, 6.07) is 4.38. The van der Waals surface area contributed by atoms with Crippen LogP contribution in [-0.4, -0.2) is 92.3 Å². The minimum atomic E-state index is -3.17. The van der Waals surface area contributed by atoms with Gasteiger partial charge < -0.3 is 58.0 Å². The quantitative estimate of drug-likeness (QED) is 0.424. The Morgan fingerprint density at radius 1 is 0.976 bits per heavy atom. The summed E-state index contributed by atoms with van der Waals surface area (Å²) < 4.78 is 121. The van der Waals surface area contributed by atoms with Gasteiger partial charge in [0.2, 0.25) is 12.5 Å². The highest BCUT2D eigenvalue weighted by Gasteiger charge is 2.56. The molecule has 3 saturated heterocycles. The summed E-state index contributed by atoms with van der Waals surface area (Å²) >= 11 is 0. The molecular weight excluding hydrogens is 556 g/mol. The monoisotopic (exact) mass is 597 g/mol. The maximum absolute atomic E-state index is 13.7. The third-order valence-corrected chi connectivity index (χ3v) is 8.15. The fourth-order valence-electron chi connectivity index (χ4n) is 6.20. The van der Waals surface area contributed by atoms with Crippen LogP contribution >= 0.6 is 0 Å². The molecule has 0 spiro atoms. The summed E-state index contributed by atoms with van der Waals surface area (Å²) in [7, 11) is -6.34. The van der Waals surface area contributed by atoms with Gasteiger partial charge in [0, 0.05) is 13.2 Å². The molecule has 7 rings (SSSR count). The van der Waals surface area contributed by atoms with Crippen molar-refractivity contribution in [3.05, 3.63) is 41.0 Å². The lowest BCUT2D eigenvalue weighted by atomic mass is 9.66. The van der Waals surface area contributed by atoms with E-state index in [4.69, 9.17) is 53.6 Å². The van der Waals surface area contributed by atoms with Gasteiger partial charge in [0.25, 0.3) is 0 Å². The van der Waals surface area contributed by atoms with Gasteiger partial charge in [0.15, 0.2) is 35.6 Å². The largest absolute Gasteiger partial charge is 0.502 e. The Bertz CT molecular complexity index is 1680. The second kappa shape index (κ2) is 10.4. The number of cyclic esters (lactones) is 1. The zero-order chi connectivity index (χ0) is 37.0. The number of carbonyl (C=O) groups excluding carboxylic acids is 1. The first kappa shape index (κ1) is 19.1. The molecule has 226 valence electrons. The number of esters is 1. The van der Waals surface area contributed by atoms with Crippen molar-refractivity contribution in [2.24, 2.45) is 11.8 Å². The van der Waals surface area contributed by atoms with Gasteiger partial charge in [-0.3, -0.25) is 4.79 Å². The Hall–Kier alpha value is -3.33. The number of benzene rings is 2. The maximum atomic E-state index is 13.7. The number of aromatic hydroxyl groups is 1. The van der Waals surface area contributed by atoms with E-state index in [-0.39, 0.29) is 41.4 Å². The highest BCUT2D eigenvalue weighted by atomic mass is 16.8. The molecule has 0 aromatic heterocycles. The van der Waals surface area contributed by atoms with Crippen LogP contribution in [0.4, 0.5) is 0 Å². The van der Waals surface area contributed by atoms with Gasteiger partial charge in [-0.2, -0.15) is 0 Å². The topological polar surface area (TPSA) is 161 Å². The molecule has 3 fully saturated rings. The van der Waals surface area contributed by atoms with Crippen molar-refractivity contribution in [2.75, 3.05) is 34.0 Å². The van der Waals surface area contributed by atoms with Crippen LogP contribution in [0.3, 0.4) is 0 Å². The Kier molecular flexibility index (Phi) is 4.73. The van der Waals surface area contributed by atoms with E-state index in [0.717, 1.165) is 12.1 Å². The van der Waals surface area contributed by atoms with Gasteiger partial charge in [-0.1, -0.05) is 0 Å². The van der Waals surface area contributed by atoms with Gasteiger partial charge in [-0.25, -0.2) is 0 Å². The van der Waals surface area contributed by atoms with Gasteiger partial charge in [0.05, 0.1) is 47.5 Å². The van der Waals surface area contributed by atoms with Gasteiger partial charge in [-0.05, 0) is 47.9 Å². The first-order valence-electron chi connectivity index (χ1n) is 17.6. The molecule has 2 aromatic carbocycles. The summed E-state index contributed by atoms with van der Waals surface area (Å²) in [5, 5.41) is 32.9. The number of fused-ring (bicyclic) bond motifs is 4. The summed E-state index contributed by atoms with van der Waals surface area (Å²) in [5.41, 5.74) is -0.335. The van der Waals surface area contributed by atoms with Crippen molar-refractivity contribution in [2.45, 2.75) is 55.9 Å². The number of ether oxygens (including phenoxy) is 9. The van der Waals surface area contributed by atoms with E-state index in [1.54, 1.807) is 6.92 Å². The molecule has 2 aromatic rings. The minimum absolute atomic E-state index is 0.0177. The van der Waals surface area contributed by atoms with Crippen molar-refractivity contribution in [3.63, 3.8) is 0 Å². The molecule has 0 radical (unpaired) electrons. The molecule has 1 aliphatic carbocycles. The van der Waals surface area contributed by atoms with Crippen molar-refractivity contribution in [1.29, 1.82) is 0 Å². The van der Waals surface area contributed by atoms with Gasteiger partial charge >= 0.3 is 5.97 Å². The van der Waals surface area contributed by atoms with Crippen molar-refractivity contribution < 1.29 is 75.1 Å². The van der Waals surface area contributed by atoms with E-state index in [0.29, 0.717) is 0 Å². The molecule has 13 heteroatoms. The van der Waals surface area contributed by atoms with Crippen LogP contribution in [0.1, 0.15) is 47.9 Å². The van der Waals surface area contributed by atoms with Crippen LogP contribution in [0.15, 0.2) is 24.3 Å². The molecule has 13 nitrogen and oxygen atoms in total. The van der Waals surface area contributed by atoms with E-state index in [2.05, 4.69) is 0 Å². The standard InChI is InChI=1S/C29H32O13/c1-11-36-9-20-27(40-11)24(31)25(32)29(41-20)42-26-14-7-17-16(38-10-39-17)6-13(14)21(22-15(26)8-37-28(22)33)12-4-18(34-2)23(30)19(5-12)35-3/h4-7,11,15,20-22,24-27,29-32H,8-10H2,1-3H3/t11-,15+,20-,21-,22+,24-,25-,26-,27-,29+/m1/s1/i2D3,3D3,10D2,21D. The summed E-state index contributed by atoms with van der Waals surface area (Å²) in [4.78, 5) is 13.7. The van der Waals surface area contributed by atoms with Crippen LogP contribution in [0.25, 0.3) is 0 Å². The minimum Gasteiger partial charge on any atom is -0.502 e. The van der Waals surface area contributed by atoms with Gasteiger partial charge in [-0.15, -0.1) is 0 Å². The molecule has 4 heterocycles. The smallest absolute Gasteiger partial charge is 0.310 e. The highest BCUT2D eigenvalue weighted by molar-refractivity contribution is 5.79. The predicted octanol–water partition coefficient (Wildman–Crippen LogP) is 1.34. The van der Waals surface area contributed by atoms with Crippen LogP contribution in [0.2, 0.25) is 0 Å². The lowest BCUT2D eigenvalue weighted by molar-refractivity contribution is -0.364. The number of rotatable bonds is 5. The van der Waals surface area contributed by atoms with Crippen LogP contribution < -0.4 is 18.9 Å². The van der Waals surface area contributed by atoms with E-state index in [1.807, 2.05) is 0 Å². The van der Waals surface area contributed by atoms with Crippen molar-refractivity contribution >= 4 is 5.97 Å². The number of carbonyl (C=O) groups is 1. The van der Waals surface area contributed by atoms with E-state index >= 15 is 0 Å². The number of phenolic OH excluding ortho intramolecular Hbond substituents is 1. The maximum Gasteiger partial charge on any atom is 0.310 e. The third kappa shape index (κ3) is 4.26. The van der Waals surface area contributed by atoms with E-state index < -0.39 is 105 Å². The second-order valence-corrected chi connectivity index (χ2v) is 10.5. The molecule has 0 bridgehead atoms. The molecule has 0 amide bonds. The molecule has 0 unspecified atom stereocenters. The summed E-state index contributed by atoms with van der Waals surface area (Å²) in [6.07, 6.45) is -8.54. The first-order valence-corrected chi connectivity index (χ1v) is 13.1. The molecule has 0 saturated carbocycles. The third-order valence-electron chi connectivity index (χ3n) is 8.15. The highest BCUT2D eigenvalue weighted by Crippen LogP contribution is 2.57. The van der Waals surface area contributed by atoms with Crippen LogP contribution in [0.5, 0.6) is 28.7 Å². The molecule has 5 aliphatic rings. The average Bonchev–Trinajstić information content (AvgIpc) is 3.55. The normalized spacial score (nSPS) is 43.2. The molecule has 42 heavy (non-hydrogen) atoms. The zero-order valence-corrected chi connectivity index (χ0v) is 21.8. The number of aliphatic hydroxyl groups is 2. The van der Waals surface area contributed by atoms with Crippen molar-refractivity contribution in [1.82, 2.24) is 0 Å². The fraction of sp³-hybridized carbons (Fsp3) is 0.552. The zero-order valence-electron chi connectivity index (χ0n) is 30.8. The fourth-order valence-corrected chi connectivity index (χ4v) is 6.20. The van der Waals surface area contributed by atoms with Crippen LogP contribution in [-0.2, 0) is 28.5 Å².